The Bertz CT molecular complexity index is 1960. The van der Waals surface area contributed by atoms with E-state index in [0.29, 0.717) is 28.0 Å². The summed E-state index contributed by atoms with van der Waals surface area (Å²) in [5.41, 5.74) is 5.02. The molecule has 0 amide bonds. The van der Waals surface area contributed by atoms with Crippen molar-refractivity contribution in [3.05, 3.63) is 66.1 Å². The van der Waals surface area contributed by atoms with Gasteiger partial charge in [0.1, 0.15) is 35.4 Å². The van der Waals surface area contributed by atoms with E-state index in [9.17, 15) is 4.39 Å². The van der Waals surface area contributed by atoms with Crippen LogP contribution in [0, 0.1) is 11.6 Å². The van der Waals surface area contributed by atoms with E-state index in [1.165, 1.54) is 24.7 Å². The number of methoxy groups -OCH3 is 1. The molecule has 7 rings (SSSR count). The minimum absolute atomic E-state index is 0.0615. The van der Waals surface area contributed by atoms with E-state index in [1.807, 2.05) is 42.2 Å². The minimum Gasteiger partial charge on any atom is -0.490 e. The zero-order valence-corrected chi connectivity index (χ0v) is 24.1. The average molecular weight is 588 g/mol. The molecule has 1 aliphatic rings. The molecule has 0 spiro atoms. The van der Waals surface area contributed by atoms with Gasteiger partial charge in [-0.3, -0.25) is 14.3 Å². The Morgan fingerprint density at radius 3 is 2.71 bits per heavy atom. The highest BCUT2D eigenvalue weighted by molar-refractivity contribution is 7.14. The zero-order chi connectivity index (χ0) is 29.0. The third-order valence-electron chi connectivity index (χ3n) is 7.46. The molecule has 0 saturated carbocycles. The number of pyridine rings is 1. The molecule has 5 heterocycles. The number of hydrogen-bond acceptors (Lipinski definition) is 8. The Labute approximate surface area is 244 Å². The highest BCUT2D eigenvalue weighted by Gasteiger charge is 2.28. The molecule has 0 saturated heterocycles. The van der Waals surface area contributed by atoms with Gasteiger partial charge in [-0.15, -0.1) is 0 Å². The van der Waals surface area contributed by atoms with Gasteiger partial charge in [0.25, 0.3) is 0 Å². The first-order valence-electron chi connectivity index (χ1n) is 13.5. The van der Waals surface area contributed by atoms with Crippen LogP contribution in [-0.4, -0.2) is 67.7 Å². The van der Waals surface area contributed by atoms with E-state index >= 15 is 4.39 Å². The fourth-order valence-electron chi connectivity index (χ4n) is 5.51. The Morgan fingerprint density at radius 2 is 1.86 bits per heavy atom. The van der Waals surface area contributed by atoms with Crippen LogP contribution in [0.4, 0.5) is 8.78 Å². The first-order valence-corrected chi connectivity index (χ1v) is 14.3. The fourth-order valence-corrected chi connectivity index (χ4v) is 6.28. The van der Waals surface area contributed by atoms with Crippen LogP contribution in [-0.2, 0) is 24.9 Å². The summed E-state index contributed by atoms with van der Waals surface area (Å²) in [4.78, 5) is 7.39. The quantitative estimate of drug-likeness (QED) is 0.227. The van der Waals surface area contributed by atoms with Crippen LogP contribution >= 0.6 is 11.5 Å². The summed E-state index contributed by atoms with van der Waals surface area (Å²) < 4.78 is 50.4. The minimum atomic E-state index is -0.760. The highest BCUT2D eigenvalue weighted by atomic mass is 32.1. The van der Waals surface area contributed by atoms with Gasteiger partial charge in [0.15, 0.2) is 0 Å². The first-order chi connectivity index (χ1) is 20.4. The maximum atomic E-state index is 15.9. The molecule has 214 valence electrons. The Morgan fingerprint density at radius 1 is 0.976 bits per heavy atom. The van der Waals surface area contributed by atoms with Gasteiger partial charge in [-0.25, -0.2) is 13.8 Å². The summed E-state index contributed by atoms with van der Waals surface area (Å²) in [6, 6.07) is 10.0. The molecule has 0 aliphatic carbocycles. The number of ether oxygens (including phenoxy) is 2. The van der Waals surface area contributed by atoms with Crippen molar-refractivity contribution in [3.8, 4) is 39.5 Å². The lowest BCUT2D eigenvalue weighted by atomic mass is 9.95. The van der Waals surface area contributed by atoms with Gasteiger partial charge in [0.05, 0.1) is 40.3 Å². The third kappa shape index (κ3) is 4.61. The lowest BCUT2D eigenvalue weighted by Crippen LogP contribution is -2.30. The standard InChI is InChI=1S/C30H27F2N7O2S/c1-37-6-7-39-20(16-37)13-24(36-39)29-26(27-22(32)11-19(31)12-25(27)41-9-8-40-3)21-14-33-42-30(21)28(34-29)17-4-5-18-15-38(2)35-23(18)10-17/h4-5,10-15H,6-9,16H2,1-3H3. The molecule has 9 nitrogen and oxygen atoms in total. The summed E-state index contributed by atoms with van der Waals surface area (Å²) in [7, 11) is 5.48. The molecule has 0 atom stereocenters. The van der Waals surface area contributed by atoms with Crippen LogP contribution in [0.5, 0.6) is 5.75 Å². The van der Waals surface area contributed by atoms with Crippen molar-refractivity contribution in [2.75, 3.05) is 33.9 Å². The van der Waals surface area contributed by atoms with Gasteiger partial charge in [0, 0.05) is 73.7 Å². The molecule has 1 aliphatic heterocycles. The van der Waals surface area contributed by atoms with Crippen molar-refractivity contribution in [1.82, 2.24) is 33.8 Å². The van der Waals surface area contributed by atoms with Gasteiger partial charge in [-0.1, -0.05) is 12.1 Å². The highest BCUT2D eigenvalue weighted by Crippen LogP contribution is 2.46. The topological polar surface area (TPSA) is 83.1 Å². The molecule has 0 radical (unpaired) electrons. The third-order valence-corrected chi connectivity index (χ3v) is 8.26. The monoisotopic (exact) mass is 587 g/mol. The predicted octanol–water partition coefficient (Wildman–Crippen LogP) is 5.52. The number of rotatable bonds is 7. The number of nitrogens with zero attached hydrogens (tertiary/aromatic N) is 7. The molecule has 0 N–H and O–H groups in total. The van der Waals surface area contributed by atoms with E-state index in [1.54, 1.807) is 10.9 Å². The summed E-state index contributed by atoms with van der Waals surface area (Å²) in [6.45, 7) is 2.69. The molecule has 0 unspecified atom stereocenters. The largest absolute Gasteiger partial charge is 0.490 e. The van der Waals surface area contributed by atoms with Crippen LogP contribution in [0.2, 0.25) is 0 Å². The van der Waals surface area contributed by atoms with E-state index in [4.69, 9.17) is 19.6 Å². The molecule has 6 aromatic rings. The maximum Gasteiger partial charge on any atom is 0.137 e. The number of benzene rings is 2. The van der Waals surface area contributed by atoms with Crippen LogP contribution in [0.3, 0.4) is 0 Å². The van der Waals surface area contributed by atoms with Crippen LogP contribution in [0.1, 0.15) is 5.69 Å². The van der Waals surface area contributed by atoms with Crippen molar-refractivity contribution in [2.24, 2.45) is 7.05 Å². The number of aryl methyl sites for hydroxylation is 1. The lowest BCUT2D eigenvalue weighted by Gasteiger charge is -2.22. The smallest absolute Gasteiger partial charge is 0.137 e. The fraction of sp³-hybridized carbons (Fsp3) is 0.267. The zero-order valence-electron chi connectivity index (χ0n) is 23.3. The summed E-state index contributed by atoms with van der Waals surface area (Å²) in [5.74, 6) is -1.44. The van der Waals surface area contributed by atoms with E-state index in [0.717, 1.165) is 52.6 Å². The van der Waals surface area contributed by atoms with Crippen molar-refractivity contribution >= 4 is 32.5 Å². The Hall–Kier alpha value is -4.26. The summed E-state index contributed by atoms with van der Waals surface area (Å²) >= 11 is 1.27. The van der Waals surface area contributed by atoms with Crippen LogP contribution in [0.25, 0.3) is 54.8 Å². The van der Waals surface area contributed by atoms with E-state index in [-0.39, 0.29) is 24.5 Å². The number of aromatic nitrogens is 6. The number of likely N-dealkylation sites (N-methyl/N-ethyl adjacent to an activating group) is 1. The van der Waals surface area contributed by atoms with Gasteiger partial charge in [-0.05, 0) is 30.7 Å². The molecular weight excluding hydrogens is 560 g/mol. The maximum absolute atomic E-state index is 15.9. The molecule has 4 aromatic heterocycles. The van der Waals surface area contributed by atoms with Gasteiger partial charge in [-0.2, -0.15) is 14.6 Å². The lowest BCUT2D eigenvalue weighted by molar-refractivity contribution is 0.146. The number of fused-ring (bicyclic) bond motifs is 3. The van der Waals surface area contributed by atoms with Crippen molar-refractivity contribution in [2.45, 2.75) is 13.1 Å². The van der Waals surface area contributed by atoms with Crippen LogP contribution in [0.15, 0.2) is 48.8 Å². The molecule has 12 heteroatoms. The molecule has 0 bridgehead atoms. The molecule has 42 heavy (non-hydrogen) atoms. The SMILES string of the molecule is COCCOc1cc(F)cc(F)c1-c1c(-c2cc3n(n2)CCN(C)C3)nc(-c2ccc3cn(C)nc3c2)c2sncc12. The van der Waals surface area contributed by atoms with Crippen molar-refractivity contribution in [3.63, 3.8) is 0 Å². The average Bonchev–Trinajstić information content (AvgIpc) is 3.69. The number of halogens is 2. The van der Waals surface area contributed by atoms with Crippen molar-refractivity contribution in [1.29, 1.82) is 0 Å². The molecular formula is C30H27F2N7O2S. The van der Waals surface area contributed by atoms with Gasteiger partial charge in [0.2, 0.25) is 0 Å². The first kappa shape index (κ1) is 26.6. The number of hydrogen-bond donors (Lipinski definition) is 0. The second-order valence-corrected chi connectivity index (χ2v) is 11.2. The van der Waals surface area contributed by atoms with E-state index < -0.39 is 11.6 Å². The Balaban J connectivity index is 1.52. The molecule has 2 aromatic carbocycles. The summed E-state index contributed by atoms with van der Waals surface area (Å²) in [5, 5.41) is 11.2. The normalized spacial score (nSPS) is 13.7. The Kier molecular flexibility index (Phi) is 6.68. The van der Waals surface area contributed by atoms with Gasteiger partial charge >= 0.3 is 0 Å². The van der Waals surface area contributed by atoms with E-state index in [2.05, 4.69) is 21.4 Å². The predicted molar refractivity (Wildman–Crippen MR) is 157 cm³/mol. The summed E-state index contributed by atoms with van der Waals surface area (Å²) in [6.07, 6.45) is 3.66. The van der Waals surface area contributed by atoms with Crippen molar-refractivity contribution < 1.29 is 18.3 Å². The van der Waals surface area contributed by atoms with Gasteiger partial charge < -0.3 is 9.47 Å². The second-order valence-electron chi connectivity index (χ2n) is 10.4. The molecule has 0 fully saturated rings. The second kappa shape index (κ2) is 10.5. The van der Waals surface area contributed by atoms with Crippen LogP contribution < -0.4 is 4.74 Å².